The lowest BCUT2D eigenvalue weighted by molar-refractivity contribution is -0.398. The van der Waals surface area contributed by atoms with Gasteiger partial charge in [-0.1, -0.05) is 9.97 Å². The second-order valence-electron chi connectivity index (χ2n) is 3.36. The van der Waals surface area contributed by atoms with Crippen LogP contribution in [0.2, 0.25) is 0 Å². The molecule has 2 rings (SSSR count). The van der Waals surface area contributed by atoms with Crippen LogP contribution in [0.25, 0.3) is 0 Å². The average molecular weight is 252 g/mol. The van der Waals surface area contributed by atoms with Gasteiger partial charge in [0.25, 0.3) is 0 Å². The minimum atomic E-state index is -0.609. The normalized spacial score (nSPS) is 10.4. The molecule has 0 saturated heterocycles. The van der Waals surface area contributed by atoms with Gasteiger partial charge in [0.15, 0.2) is 0 Å². The van der Waals surface area contributed by atoms with Crippen LogP contribution in [-0.2, 0) is 13.1 Å². The highest BCUT2D eigenvalue weighted by Crippen LogP contribution is 2.11. The molecule has 0 unspecified atom stereocenters. The summed E-state index contributed by atoms with van der Waals surface area (Å²) in [6.45, 7) is 0.404. The van der Waals surface area contributed by atoms with Gasteiger partial charge in [-0.05, 0) is 9.85 Å². The predicted octanol–water partition coefficient (Wildman–Crippen LogP) is 0.596. The van der Waals surface area contributed by atoms with E-state index in [2.05, 4.69) is 9.97 Å². The van der Waals surface area contributed by atoms with Crippen LogP contribution in [0, 0.1) is 20.2 Å². The molecular formula is C8H8N6O4. The van der Waals surface area contributed by atoms with Crippen LogP contribution in [0.5, 0.6) is 0 Å². The maximum atomic E-state index is 10.6. The molecule has 0 aliphatic rings. The molecule has 0 radical (unpaired) electrons. The highest BCUT2D eigenvalue weighted by molar-refractivity contribution is 5.08. The molecule has 2 aromatic rings. The first-order valence-electron chi connectivity index (χ1n) is 4.90. The molecule has 2 heterocycles. The van der Waals surface area contributed by atoms with Gasteiger partial charge >= 0.3 is 11.9 Å². The lowest BCUT2D eigenvalue weighted by Gasteiger charge is -2.02. The molecule has 18 heavy (non-hydrogen) atoms. The molecule has 94 valence electrons. The minimum Gasteiger partial charge on any atom is -0.390 e. The van der Waals surface area contributed by atoms with Crippen molar-refractivity contribution in [2.75, 3.05) is 0 Å². The molecule has 0 fully saturated rings. The third kappa shape index (κ3) is 2.16. The summed E-state index contributed by atoms with van der Waals surface area (Å²) in [7, 11) is 0. The van der Waals surface area contributed by atoms with E-state index in [9.17, 15) is 20.2 Å². The summed E-state index contributed by atoms with van der Waals surface area (Å²) in [6.07, 6.45) is 5.50. The highest BCUT2D eigenvalue weighted by Gasteiger charge is 2.17. The van der Waals surface area contributed by atoms with Crippen molar-refractivity contribution in [2.24, 2.45) is 0 Å². The van der Waals surface area contributed by atoms with Gasteiger partial charge in [-0.3, -0.25) is 0 Å². The molecule has 0 aromatic carbocycles. The number of aryl methyl sites for hydroxylation is 2. The van der Waals surface area contributed by atoms with Gasteiger partial charge in [0, 0.05) is 0 Å². The van der Waals surface area contributed by atoms with Crippen LogP contribution in [-0.4, -0.2) is 28.9 Å². The van der Waals surface area contributed by atoms with E-state index in [-0.39, 0.29) is 25.0 Å². The largest absolute Gasteiger partial charge is 0.434 e. The highest BCUT2D eigenvalue weighted by atomic mass is 16.6. The van der Waals surface area contributed by atoms with E-state index < -0.39 is 9.85 Å². The van der Waals surface area contributed by atoms with E-state index in [4.69, 9.17) is 0 Å². The molecule has 0 amide bonds. The maximum absolute atomic E-state index is 10.6. The van der Waals surface area contributed by atoms with E-state index >= 15 is 0 Å². The molecule has 10 nitrogen and oxygen atoms in total. The number of hydrogen-bond acceptors (Lipinski definition) is 6. The first-order chi connectivity index (χ1) is 8.59. The first kappa shape index (κ1) is 11.7. The standard InChI is InChI=1S/C8H8N6O4/c15-13(16)7-9-1-3-11(7)5-6-12-4-2-10-8(12)14(17)18/h1-4H,5-6H2. The van der Waals surface area contributed by atoms with Crippen LogP contribution in [0.3, 0.4) is 0 Å². The Bertz CT molecular complexity index is 536. The second-order valence-corrected chi connectivity index (χ2v) is 3.36. The van der Waals surface area contributed by atoms with Crippen molar-refractivity contribution in [3.8, 4) is 0 Å². The van der Waals surface area contributed by atoms with Crippen LogP contribution < -0.4 is 0 Å². The minimum absolute atomic E-state index is 0.202. The van der Waals surface area contributed by atoms with Crippen molar-refractivity contribution in [3.63, 3.8) is 0 Å². The van der Waals surface area contributed by atoms with Crippen molar-refractivity contribution < 1.29 is 9.85 Å². The van der Waals surface area contributed by atoms with Gasteiger partial charge in [0.1, 0.15) is 37.9 Å². The van der Waals surface area contributed by atoms with E-state index in [0.29, 0.717) is 0 Å². The van der Waals surface area contributed by atoms with Gasteiger partial charge < -0.3 is 20.2 Å². The van der Waals surface area contributed by atoms with Gasteiger partial charge in [-0.2, -0.15) is 0 Å². The Balaban J connectivity index is 2.12. The van der Waals surface area contributed by atoms with Gasteiger partial charge in [-0.15, -0.1) is 0 Å². The summed E-state index contributed by atoms with van der Waals surface area (Å²) in [5, 5.41) is 21.2. The predicted molar refractivity (Wildman–Crippen MR) is 57.8 cm³/mol. The van der Waals surface area contributed by atoms with Crippen LogP contribution in [0.4, 0.5) is 11.9 Å². The van der Waals surface area contributed by atoms with Crippen LogP contribution in [0.1, 0.15) is 0 Å². The van der Waals surface area contributed by atoms with Crippen LogP contribution >= 0.6 is 0 Å². The first-order valence-corrected chi connectivity index (χ1v) is 4.90. The number of nitrogens with zero attached hydrogens (tertiary/aromatic N) is 6. The molecule has 10 heteroatoms. The van der Waals surface area contributed by atoms with Gasteiger partial charge in [-0.25, -0.2) is 9.13 Å². The maximum Gasteiger partial charge on any atom is 0.434 e. The Kier molecular flexibility index (Phi) is 3.00. The van der Waals surface area contributed by atoms with Crippen molar-refractivity contribution in [1.82, 2.24) is 19.1 Å². The van der Waals surface area contributed by atoms with E-state index in [0.717, 1.165) is 0 Å². The third-order valence-corrected chi connectivity index (χ3v) is 2.30. The summed E-state index contributed by atoms with van der Waals surface area (Å²) < 4.78 is 2.62. The number of imidazole rings is 2. The molecule has 0 N–H and O–H groups in total. The number of rotatable bonds is 5. The Morgan fingerprint density at radius 1 is 0.944 bits per heavy atom. The SMILES string of the molecule is O=[N+]([O-])c1nccn1CCn1ccnc1[N+](=O)[O-]. The van der Waals surface area contributed by atoms with Crippen molar-refractivity contribution in [2.45, 2.75) is 13.1 Å². The molecule has 0 aliphatic carbocycles. The van der Waals surface area contributed by atoms with E-state index in [1.807, 2.05) is 0 Å². The van der Waals surface area contributed by atoms with Crippen LogP contribution in [0.15, 0.2) is 24.8 Å². The molecule has 0 atom stereocenters. The third-order valence-electron chi connectivity index (χ3n) is 2.30. The molecule has 2 aromatic heterocycles. The zero-order valence-electron chi connectivity index (χ0n) is 9.04. The molecular weight excluding hydrogens is 244 g/mol. The van der Waals surface area contributed by atoms with Crippen molar-refractivity contribution in [1.29, 1.82) is 0 Å². The molecule has 0 saturated carbocycles. The lowest BCUT2D eigenvalue weighted by Crippen LogP contribution is -2.10. The zero-order valence-corrected chi connectivity index (χ0v) is 9.04. The number of aromatic nitrogens is 4. The van der Waals surface area contributed by atoms with E-state index in [1.165, 1.54) is 33.9 Å². The zero-order chi connectivity index (χ0) is 13.1. The fourth-order valence-electron chi connectivity index (χ4n) is 1.51. The number of hydrogen-bond donors (Lipinski definition) is 0. The molecule has 0 bridgehead atoms. The fourth-order valence-corrected chi connectivity index (χ4v) is 1.51. The topological polar surface area (TPSA) is 122 Å². The summed E-state index contributed by atoms with van der Waals surface area (Å²) in [5.41, 5.74) is 0. The summed E-state index contributed by atoms with van der Waals surface area (Å²) >= 11 is 0. The summed E-state index contributed by atoms with van der Waals surface area (Å²) in [5.74, 6) is -0.587. The van der Waals surface area contributed by atoms with Gasteiger partial charge in [0.2, 0.25) is 0 Å². The molecule has 0 aliphatic heterocycles. The monoisotopic (exact) mass is 252 g/mol. The Hall–Kier alpha value is -2.78. The van der Waals surface area contributed by atoms with Crippen molar-refractivity contribution >= 4 is 11.9 Å². The Morgan fingerprint density at radius 2 is 1.33 bits per heavy atom. The Morgan fingerprint density at radius 3 is 1.67 bits per heavy atom. The second kappa shape index (κ2) is 4.61. The molecule has 0 spiro atoms. The summed E-state index contributed by atoms with van der Waals surface area (Å²) in [6, 6.07) is 0. The fraction of sp³-hybridized carbons (Fsp3) is 0.250. The quantitative estimate of drug-likeness (QED) is 0.567. The average Bonchev–Trinajstić information content (AvgIpc) is 2.94. The van der Waals surface area contributed by atoms with Crippen molar-refractivity contribution in [3.05, 3.63) is 45.0 Å². The summed E-state index contributed by atoms with van der Waals surface area (Å²) in [4.78, 5) is 27.2. The lowest BCUT2D eigenvalue weighted by atomic mass is 10.6. The Labute approximate surface area is 99.8 Å². The smallest absolute Gasteiger partial charge is 0.390 e. The van der Waals surface area contributed by atoms with Gasteiger partial charge in [0.05, 0.1) is 0 Å². The van der Waals surface area contributed by atoms with E-state index in [1.54, 1.807) is 0 Å². The number of nitro groups is 2.